The molecule has 6 nitrogen and oxygen atoms in total. The van der Waals surface area contributed by atoms with Gasteiger partial charge in [-0.05, 0) is 38.5 Å². The van der Waals surface area contributed by atoms with Crippen LogP contribution >= 0.6 is 0 Å². The zero-order valence-electron chi connectivity index (χ0n) is 17.3. The number of halogens is 1. The number of amides is 3. The summed E-state index contributed by atoms with van der Waals surface area (Å²) in [6, 6.07) is 6.10. The molecular formula is C21H30FN3O3. The molecule has 0 unspecified atom stereocenters. The predicted molar refractivity (Wildman–Crippen MR) is 104 cm³/mol. The maximum Gasteiger partial charge on any atom is 0.320 e. The fraction of sp³-hybridized carbons (Fsp3) is 0.619. The first-order valence-electron chi connectivity index (χ1n) is 9.82. The molecular weight excluding hydrogens is 361 g/mol. The quantitative estimate of drug-likeness (QED) is 0.793. The molecule has 1 aromatic rings. The molecule has 0 bridgehead atoms. The van der Waals surface area contributed by atoms with Crippen LogP contribution in [0.1, 0.15) is 32.4 Å². The van der Waals surface area contributed by atoms with Crippen LogP contribution in [0.4, 0.5) is 9.18 Å². The minimum atomic E-state index is -0.874. The smallest absolute Gasteiger partial charge is 0.320 e. The number of carbonyl (C=O) groups is 2. The van der Waals surface area contributed by atoms with Crippen LogP contribution < -0.4 is 0 Å². The maximum absolute atomic E-state index is 13.9. The Hall–Kier alpha value is -2.15. The molecule has 2 fully saturated rings. The average Bonchev–Trinajstić information content (AvgIpc) is 3.17. The van der Waals surface area contributed by atoms with Crippen molar-refractivity contribution >= 4 is 11.9 Å². The number of carbonyl (C=O) groups excluding carboxylic acids is 2. The summed E-state index contributed by atoms with van der Waals surface area (Å²) in [4.78, 5) is 30.9. The molecule has 0 saturated carbocycles. The van der Waals surface area contributed by atoms with E-state index in [1.165, 1.54) is 12.1 Å². The first-order chi connectivity index (χ1) is 13.2. The highest BCUT2D eigenvalue weighted by atomic mass is 19.1. The second-order valence-corrected chi connectivity index (χ2v) is 8.41. The van der Waals surface area contributed by atoms with Crippen molar-refractivity contribution in [1.29, 1.82) is 0 Å². The van der Waals surface area contributed by atoms with Crippen molar-refractivity contribution in [2.24, 2.45) is 11.8 Å². The van der Waals surface area contributed by atoms with Crippen LogP contribution in [0.25, 0.3) is 0 Å². The number of benzene rings is 1. The molecule has 0 spiro atoms. The number of rotatable bonds is 4. The van der Waals surface area contributed by atoms with Crippen LogP contribution in [0.2, 0.25) is 0 Å². The van der Waals surface area contributed by atoms with Gasteiger partial charge < -0.3 is 19.4 Å². The Morgan fingerprint density at radius 3 is 2.57 bits per heavy atom. The highest BCUT2D eigenvalue weighted by molar-refractivity contribution is 5.85. The van der Waals surface area contributed by atoms with Crippen molar-refractivity contribution in [1.82, 2.24) is 14.7 Å². The standard InChI is InChI=1S/C21H30FN3O3/c1-6-28-21(2,3)19(26)24-11-15-12-25(20(27)23(4)5)18(17(15)13-24)14-8-7-9-16(22)10-14/h7-10,15,17-18H,6,11-13H2,1-5H3/t15-,17-,18+/m1/s1. The molecule has 2 heterocycles. The van der Waals surface area contributed by atoms with E-state index in [4.69, 9.17) is 4.74 Å². The van der Waals surface area contributed by atoms with Crippen molar-refractivity contribution in [2.75, 3.05) is 40.3 Å². The van der Waals surface area contributed by atoms with Crippen LogP contribution in [0, 0.1) is 17.7 Å². The number of ether oxygens (including phenoxy) is 1. The lowest BCUT2D eigenvalue weighted by atomic mass is 9.89. The van der Waals surface area contributed by atoms with Gasteiger partial charge in [-0.2, -0.15) is 0 Å². The normalized spacial score (nSPS) is 24.4. The maximum atomic E-state index is 13.9. The van der Waals surface area contributed by atoms with Gasteiger partial charge in [0.2, 0.25) is 0 Å². The molecule has 1 aromatic carbocycles. The molecule has 2 aliphatic heterocycles. The van der Waals surface area contributed by atoms with Crippen LogP contribution in [0.3, 0.4) is 0 Å². The third kappa shape index (κ3) is 3.72. The molecule has 2 saturated heterocycles. The van der Waals surface area contributed by atoms with Gasteiger partial charge in [-0.15, -0.1) is 0 Å². The lowest BCUT2D eigenvalue weighted by Crippen LogP contribution is -2.48. The summed E-state index contributed by atoms with van der Waals surface area (Å²) in [6.07, 6.45) is 0. The fourth-order valence-electron chi connectivity index (χ4n) is 4.59. The van der Waals surface area contributed by atoms with E-state index in [-0.39, 0.29) is 35.6 Å². The van der Waals surface area contributed by atoms with Crippen molar-refractivity contribution < 1.29 is 18.7 Å². The summed E-state index contributed by atoms with van der Waals surface area (Å²) in [6.45, 7) is 7.61. The summed E-state index contributed by atoms with van der Waals surface area (Å²) >= 11 is 0. The fourth-order valence-corrected chi connectivity index (χ4v) is 4.59. The number of hydrogen-bond donors (Lipinski definition) is 0. The van der Waals surface area contributed by atoms with Gasteiger partial charge in [-0.3, -0.25) is 4.79 Å². The molecule has 3 rings (SSSR count). The van der Waals surface area contributed by atoms with Gasteiger partial charge >= 0.3 is 6.03 Å². The van der Waals surface area contributed by atoms with Gasteiger partial charge in [0.25, 0.3) is 5.91 Å². The average molecular weight is 391 g/mol. The van der Waals surface area contributed by atoms with E-state index in [1.807, 2.05) is 22.8 Å². The zero-order chi connectivity index (χ0) is 20.6. The molecule has 3 amide bonds. The Bertz CT molecular complexity index is 752. The Morgan fingerprint density at radius 1 is 1.25 bits per heavy atom. The van der Waals surface area contributed by atoms with Crippen LogP contribution in [0.5, 0.6) is 0 Å². The second kappa shape index (κ2) is 7.70. The lowest BCUT2D eigenvalue weighted by Gasteiger charge is -2.33. The molecule has 0 radical (unpaired) electrons. The van der Waals surface area contributed by atoms with E-state index >= 15 is 0 Å². The first kappa shape index (κ1) is 20.6. The van der Waals surface area contributed by atoms with E-state index in [9.17, 15) is 14.0 Å². The van der Waals surface area contributed by atoms with E-state index in [2.05, 4.69) is 0 Å². The molecule has 2 aliphatic rings. The van der Waals surface area contributed by atoms with E-state index in [1.54, 1.807) is 38.9 Å². The Morgan fingerprint density at radius 2 is 1.96 bits per heavy atom. The largest absolute Gasteiger partial charge is 0.366 e. The molecule has 0 aromatic heterocycles. The van der Waals surface area contributed by atoms with Gasteiger partial charge in [0, 0.05) is 52.2 Å². The minimum absolute atomic E-state index is 0.0350. The SMILES string of the molecule is CCOC(C)(C)C(=O)N1C[C@@H]2CN(C(=O)N(C)C)[C@@H](c3cccc(F)c3)[C@@H]2C1. The first-order valence-corrected chi connectivity index (χ1v) is 9.82. The van der Waals surface area contributed by atoms with Gasteiger partial charge in [-0.1, -0.05) is 12.1 Å². The lowest BCUT2D eigenvalue weighted by molar-refractivity contribution is -0.153. The predicted octanol–water partition coefficient (Wildman–Crippen LogP) is 2.75. The summed E-state index contributed by atoms with van der Waals surface area (Å²) < 4.78 is 19.5. The Balaban J connectivity index is 1.87. The van der Waals surface area contributed by atoms with Gasteiger partial charge in [0.05, 0.1) is 6.04 Å². The number of fused-ring (bicyclic) bond motifs is 1. The van der Waals surface area contributed by atoms with Crippen LogP contribution in [-0.2, 0) is 9.53 Å². The topological polar surface area (TPSA) is 53.1 Å². The third-order valence-corrected chi connectivity index (χ3v) is 5.79. The summed E-state index contributed by atoms with van der Waals surface area (Å²) in [5, 5.41) is 0. The van der Waals surface area contributed by atoms with Crippen LogP contribution in [-0.4, -0.2) is 72.6 Å². The van der Waals surface area contributed by atoms with Crippen molar-refractivity contribution in [3.8, 4) is 0 Å². The third-order valence-electron chi connectivity index (χ3n) is 5.79. The Kier molecular flexibility index (Phi) is 5.66. The molecule has 7 heteroatoms. The van der Waals surface area contributed by atoms with Gasteiger partial charge in [0.15, 0.2) is 0 Å². The summed E-state index contributed by atoms with van der Waals surface area (Å²) in [7, 11) is 3.44. The summed E-state index contributed by atoms with van der Waals surface area (Å²) in [5.41, 5.74) is -0.0954. The summed E-state index contributed by atoms with van der Waals surface area (Å²) in [5.74, 6) is -0.112. The van der Waals surface area contributed by atoms with Crippen LogP contribution in [0.15, 0.2) is 24.3 Å². The number of likely N-dealkylation sites (tertiary alicyclic amines) is 2. The Labute approximate surface area is 166 Å². The van der Waals surface area contributed by atoms with E-state index < -0.39 is 5.60 Å². The van der Waals surface area contributed by atoms with E-state index in [0.29, 0.717) is 26.2 Å². The zero-order valence-corrected chi connectivity index (χ0v) is 17.3. The minimum Gasteiger partial charge on any atom is -0.366 e. The second-order valence-electron chi connectivity index (χ2n) is 8.41. The molecule has 0 aliphatic carbocycles. The number of urea groups is 1. The van der Waals surface area contributed by atoms with E-state index in [0.717, 1.165) is 5.56 Å². The highest BCUT2D eigenvalue weighted by Gasteiger charge is 2.51. The molecule has 3 atom stereocenters. The molecule has 28 heavy (non-hydrogen) atoms. The van der Waals surface area contributed by atoms with Gasteiger partial charge in [-0.25, -0.2) is 9.18 Å². The van der Waals surface area contributed by atoms with Crippen molar-refractivity contribution in [2.45, 2.75) is 32.4 Å². The number of hydrogen-bond acceptors (Lipinski definition) is 3. The van der Waals surface area contributed by atoms with Gasteiger partial charge in [0.1, 0.15) is 11.4 Å². The molecule has 0 N–H and O–H groups in total. The number of nitrogens with zero attached hydrogens (tertiary/aromatic N) is 3. The molecule has 154 valence electrons. The van der Waals surface area contributed by atoms with Crippen molar-refractivity contribution in [3.63, 3.8) is 0 Å². The highest BCUT2D eigenvalue weighted by Crippen LogP contribution is 2.45. The monoisotopic (exact) mass is 391 g/mol. The van der Waals surface area contributed by atoms with Crippen molar-refractivity contribution in [3.05, 3.63) is 35.6 Å².